The minimum atomic E-state index is -4.27. The van der Waals surface area contributed by atoms with E-state index in [9.17, 15) is 22.4 Å². The molecule has 0 bridgehead atoms. The molecule has 0 saturated heterocycles. The molecule has 0 radical (unpaired) electrons. The minimum Gasteiger partial charge on any atom is -0.454 e. The van der Waals surface area contributed by atoms with Crippen molar-refractivity contribution < 1.29 is 27.1 Å². The first-order valence-electron chi connectivity index (χ1n) is 9.11. The van der Waals surface area contributed by atoms with Gasteiger partial charge in [0.2, 0.25) is 10.0 Å². The van der Waals surface area contributed by atoms with Gasteiger partial charge in [-0.2, -0.15) is 4.72 Å². The Hall–Kier alpha value is -2.20. The van der Waals surface area contributed by atoms with Gasteiger partial charge in [-0.25, -0.2) is 12.8 Å². The van der Waals surface area contributed by atoms with E-state index in [4.69, 9.17) is 27.9 Å². The summed E-state index contributed by atoms with van der Waals surface area (Å²) in [5, 5.41) is 2.21. The van der Waals surface area contributed by atoms with Gasteiger partial charge in [-0.3, -0.25) is 9.59 Å². The fraction of sp³-hybridized carbons (Fsp3) is 0.300. The van der Waals surface area contributed by atoms with Gasteiger partial charge in [0.05, 0.1) is 10.0 Å². The third-order valence-electron chi connectivity index (χ3n) is 4.21. The number of benzene rings is 2. The van der Waals surface area contributed by atoms with E-state index in [1.165, 1.54) is 30.3 Å². The summed E-state index contributed by atoms with van der Waals surface area (Å²) in [6.45, 7) is 4.18. The van der Waals surface area contributed by atoms with E-state index in [2.05, 4.69) is 10.0 Å². The average molecular weight is 491 g/mol. The summed E-state index contributed by atoms with van der Waals surface area (Å²) in [6.07, 6.45) is 0. The van der Waals surface area contributed by atoms with Gasteiger partial charge in [0.15, 0.2) is 6.61 Å². The van der Waals surface area contributed by atoms with Crippen molar-refractivity contribution in [2.45, 2.75) is 31.7 Å². The van der Waals surface area contributed by atoms with Crippen LogP contribution in [0.5, 0.6) is 0 Å². The maximum absolute atomic E-state index is 13.3. The molecule has 0 fully saturated rings. The summed E-state index contributed by atoms with van der Waals surface area (Å²) >= 11 is 11.9. The number of amides is 1. The van der Waals surface area contributed by atoms with E-state index in [0.717, 1.165) is 6.07 Å². The number of sulfonamides is 1. The number of nitrogens with one attached hydrogen (secondary N) is 2. The smallest absolute Gasteiger partial charge is 0.324 e. The molecule has 2 rings (SSSR count). The maximum Gasteiger partial charge on any atom is 0.324 e. The Morgan fingerprint density at radius 3 is 2.32 bits per heavy atom. The number of esters is 1. The fourth-order valence-electron chi connectivity index (χ4n) is 2.56. The third-order valence-corrected chi connectivity index (χ3v) is 6.61. The molecule has 0 heterocycles. The first-order valence-corrected chi connectivity index (χ1v) is 11.3. The molecule has 0 spiro atoms. The zero-order chi connectivity index (χ0) is 23.3. The van der Waals surface area contributed by atoms with Gasteiger partial charge < -0.3 is 10.1 Å². The number of carbonyl (C=O) groups excluding carboxylic acids is 2. The first kappa shape index (κ1) is 25.1. The maximum atomic E-state index is 13.3. The monoisotopic (exact) mass is 490 g/mol. The van der Waals surface area contributed by atoms with Crippen LogP contribution in [0, 0.1) is 18.7 Å². The Labute approximate surface area is 189 Å². The summed E-state index contributed by atoms with van der Waals surface area (Å²) in [6, 6.07) is 6.74. The molecule has 1 amide bonds. The Kier molecular flexibility index (Phi) is 8.41. The van der Waals surface area contributed by atoms with Crippen LogP contribution in [0.25, 0.3) is 0 Å². The summed E-state index contributed by atoms with van der Waals surface area (Å²) in [5.74, 6) is -2.73. The van der Waals surface area contributed by atoms with Crippen molar-refractivity contribution in [1.82, 2.24) is 4.72 Å². The molecule has 0 saturated carbocycles. The molecule has 168 valence electrons. The van der Waals surface area contributed by atoms with Crippen molar-refractivity contribution in [3.8, 4) is 0 Å². The highest BCUT2D eigenvalue weighted by Gasteiger charge is 2.32. The number of hydrogen-bond acceptors (Lipinski definition) is 5. The Morgan fingerprint density at radius 1 is 1.13 bits per heavy atom. The van der Waals surface area contributed by atoms with Crippen molar-refractivity contribution in [3.63, 3.8) is 0 Å². The normalized spacial score (nSPS) is 12.5. The van der Waals surface area contributed by atoms with Gasteiger partial charge in [0.25, 0.3) is 5.91 Å². The van der Waals surface area contributed by atoms with Crippen molar-refractivity contribution >= 4 is 50.8 Å². The number of carbonyl (C=O) groups is 2. The van der Waals surface area contributed by atoms with E-state index in [0.29, 0.717) is 5.56 Å². The molecule has 11 heteroatoms. The zero-order valence-electron chi connectivity index (χ0n) is 16.9. The molecule has 0 aliphatic carbocycles. The molecule has 31 heavy (non-hydrogen) atoms. The van der Waals surface area contributed by atoms with Gasteiger partial charge >= 0.3 is 5.97 Å². The van der Waals surface area contributed by atoms with Crippen LogP contribution in [0.3, 0.4) is 0 Å². The highest BCUT2D eigenvalue weighted by atomic mass is 35.5. The lowest BCUT2D eigenvalue weighted by molar-refractivity contribution is -0.150. The quantitative estimate of drug-likeness (QED) is 0.545. The predicted octanol–water partition coefficient (Wildman–Crippen LogP) is 3.93. The molecule has 2 aromatic carbocycles. The van der Waals surface area contributed by atoms with Crippen LogP contribution in [0.1, 0.15) is 19.4 Å². The molecular weight excluding hydrogens is 470 g/mol. The number of aryl methyl sites for hydroxylation is 1. The van der Waals surface area contributed by atoms with Gasteiger partial charge in [-0.05, 0) is 42.7 Å². The summed E-state index contributed by atoms with van der Waals surface area (Å²) < 4.78 is 46.0. The first-order chi connectivity index (χ1) is 14.4. The molecule has 0 aliphatic heterocycles. The fourth-order valence-corrected chi connectivity index (χ4v) is 5.04. The van der Waals surface area contributed by atoms with E-state index in [-0.39, 0.29) is 20.6 Å². The molecule has 2 N–H and O–H groups in total. The standard InChI is InChI=1S/C20H21Cl2FN2O5S/c1-11(2)18(25-31(28,29)19-14(21)5-4-6-15(19)22)20(27)30-10-17(26)24-16-9-13(23)8-7-12(16)3/h4-9,11,18,25H,10H2,1-3H3,(H,24,26). The second-order valence-corrected chi connectivity index (χ2v) is 9.47. The minimum absolute atomic E-state index is 0.110. The Bertz CT molecular complexity index is 1070. The molecule has 1 atom stereocenters. The predicted molar refractivity (Wildman–Crippen MR) is 116 cm³/mol. The lowest BCUT2D eigenvalue weighted by atomic mass is 10.1. The van der Waals surface area contributed by atoms with Crippen molar-refractivity contribution in [1.29, 1.82) is 0 Å². The van der Waals surface area contributed by atoms with Crippen molar-refractivity contribution in [2.75, 3.05) is 11.9 Å². The highest BCUT2D eigenvalue weighted by Crippen LogP contribution is 2.29. The molecule has 2 aromatic rings. The van der Waals surface area contributed by atoms with E-state index < -0.39 is 46.3 Å². The number of hydrogen-bond donors (Lipinski definition) is 2. The third kappa shape index (κ3) is 6.64. The largest absolute Gasteiger partial charge is 0.454 e. The van der Waals surface area contributed by atoms with Crippen LogP contribution in [-0.2, 0) is 24.3 Å². The van der Waals surface area contributed by atoms with Crippen LogP contribution in [0.2, 0.25) is 10.0 Å². The van der Waals surface area contributed by atoms with Crippen LogP contribution >= 0.6 is 23.2 Å². The van der Waals surface area contributed by atoms with Crippen molar-refractivity contribution in [3.05, 3.63) is 57.8 Å². The lowest BCUT2D eigenvalue weighted by Gasteiger charge is -2.21. The number of anilines is 1. The van der Waals surface area contributed by atoms with Crippen LogP contribution in [-0.4, -0.2) is 32.9 Å². The Balaban J connectivity index is 2.09. The lowest BCUT2D eigenvalue weighted by Crippen LogP contribution is -2.46. The molecule has 1 unspecified atom stereocenters. The van der Waals surface area contributed by atoms with Gasteiger partial charge in [0.1, 0.15) is 16.8 Å². The second-order valence-electron chi connectivity index (χ2n) is 7.01. The molecule has 7 nitrogen and oxygen atoms in total. The van der Waals surface area contributed by atoms with Gasteiger partial charge in [-0.15, -0.1) is 0 Å². The number of ether oxygens (including phenoxy) is 1. The second kappa shape index (κ2) is 10.4. The average Bonchev–Trinajstić information content (AvgIpc) is 2.66. The topological polar surface area (TPSA) is 102 Å². The highest BCUT2D eigenvalue weighted by molar-refractivity contribution is 7.89. The van der Waals surface area contributed by atoms with Gasteiger partial charge in [0, 0.05) is 5.69 Å². The van der Waals surface area contributed by atoms with Crippen LogP contribution in [0.15, 0.2) is 41.3 Å². The van der Waals surface area contributed by atoms with Crippen LogP contribution in [0.4, 0.5) is 10.1 Å². The molecule has 0 aliphatic rings. The van der Waals surface area contributed by atoms with Crippen LogP contribution < -0.4 is 10.0 Å². The summed E-state index contributed by atoms with van der Waals surface area (Å²) in [7, 11) is -4.27. The SMILES string of the molecule is Cc1ccc(F)cc1NC(=O)COC(=O)C(NS(=O)(=O)c1c(Cl)cccc1Cl)C(C)C. The van der Waals surface area contributed by atoms with Crippen molar-refractivity contribution in [2.24, 2.45) is 5.92 Å². The zero-order valence-corrected chi connectivity index (χ0v) is 19.2. The summed E-state index contributed by atoms with van der Waals surface area (Å²) in [4.78, 5) is 24.2. The summed E-state index contributed by atoms with van der Waals surface area (Å²) in [5.41, 5.74) is 0.848. The molecule has 0 aromatic heterocycles. The Morgan fingerprint density at radius 2 is 1.74 bits per heavy atom. The van der Waals surface area contributed by atoms with E-state index in [1.54, 1.807) is 20.8 Å². The number of rotatable bonds is 8. The molecular formula is C20H21Cl2FN2O5S. The van der Waals surface area contributed by atoms with Gasteiger partial charge in [-0.1, -0.05) is 49.2 Å². The van der Waals surface area contributed by atoms with E-state index in [1.807, 2.05) is 0 Å². The number of halogens is 3. The van der Waals surface area contributed by atoms with E-state index >= 15 is 0 Å².